The number of carbonyl (C=O) groups is 1. The van der Waals surface area contributed by atoms with E-state index in [0.717, 1.165) is 38.3 Å². The highest BCUT2D eigenvalue weighted by molar-refractivity contribution is 6.33. The standard InChI is InChI=1S/C20H23ClN4O/c21-18-6-1-2-7-19(18)23-20(26)25-12-15-8-9-17(25)14-24(11-15)13-16-5-3-4-10-22-16/h1-7,10,15,17H,8-9,11-14H2,(H,23,26)/t15-,17+/m0/s1. The summed E-state index contributed by atoms with van der Waals surface area (Å²) >= 11 is 6.18. The van der Waals surface area contributed by atoms with Crippen LogP contribution in [0, 0.1) is 5.92 Å². The van der Waals surface area contributed by atoms with Gasteiger partial charge in [0.15, 0.2) is 0 Å². The average Bonchev–Trinajstić information content (AvgIpc) is 2.95. The number of piperidine rings is 1. The highest BCUT2D eigenvalue weighted by Gasteiger charge is 2.37. The van der Waals surface area contributed by atoms with Gasteiger partial charge in [-0.15, -0.1) is 0 Å². The Bertz CT molecular complexity index is 769. The number of carbonyl (C=O) groups excluding carboxylic acids is 1. The zero-order chi connectivity index (χ0) is 17.9. The molecule has 6 heteroatoms. The molecule has 136 valence electrons. The fraction of sp³-hybridized carbons (Fsp3) is 0.400. The lowest BCUT2D eigenvalue weighted by Crippen LogP contribution is -2.49. The zero-order valence-electron chi connectivity index (χ0n) is 14.6. The number of hydrogen-bond acceptors (Lipinski definition) is 3. The monoisotopic (exact) mass is 370 g/mol. The van der Waals surface area contributed by atoms with Crippen molar-refractivity contribution in [1.29, 1.82) is 0 Å². The minimum absolute atomic E-state index is 0.0486. The summed E-state index contributed by atoms with van der Waals surface area (Å²) in [5, 5.41) is 3.55. The van der Waals surface area contributed by atoms with E-state index in [2.05, 4.69) is 21.3 Å². The first kappa shape index (κ1) is 17.3. The van der Waals surface area contributed by atoms with Crippen LogP contribution in [0.2, 0.25) is 5.02 Å². The molecule has 3 aliphatic heterocycles. The minimum Gasteiger partial charge on any atom is -0.320 e. The fourth-order valence-corrected chi connectivity index (χ4v) is 4.21. The summed E-state index contributed by atoms with van der Waals surface area (Å²) in [5.41, 5.74) is 1.76. The predicted octanol–water partition coefficient (Wildman–Crippen LogP) is 3.86. The number of hydrogen-bond donors (Lipinski definition) is 1. The molecular formula is C20H23ClN4O. The van der Waals surface area contributed by atoms with Crippen LogP contribution in [0.3, 0.4) is 0 Å². The molecule has 1 N–H and O–H groups in total. The van der Waals surface area contributed by atoms with Crippen LogP contribution in [0.4, 0.5) is 10.5 Å². The van der Waals surface area contributed by atoms with Gasteiger partial charge in [0.25, 0.3) is 0 Å². The maximum Gasteiger partial charge on any atom is 0.322 e. The molecule has 3 fully saturated rings. The molecule has 1 aromatic carbocycles. The Hall–Kier alpha value is -2.11. The van der Waals surface area contributed by atoms with Crippen molar-refractivity contribution in [2.75, 3.05) is 25.0 Å². The van der Waals surface area contributed by atoms with E-state index in [1.807, 2.05) is 41.4 Å². The van der Waals surface area contributed by atoms with Crippen LogP contribution in [0.25, 0.3) is 0 Å². The summed E-state index contributed by atoms with van der Waals surface area (Å²) < 4.78 is 0. The highest BCUT2D eigenvalue weighted by Crippen LogP contribution is 2.30. The van der Waals surface area contributed by atoms with E-state index < -0.39 is 0 Å². The molecule has 2 atom stereocenters. The molecular weight excluding hydrogens is 348 g/mol. The molecule has 5 rings (SSSR count). The molecule has 3 saturated heterocycles. The number of aromatic nitrogens is 1. The molecule has 3 aliphatic rings. The number of halogens is 1. The lowest BCUT2D eigenvalue weighted by atomic mass is 9.95. The quantitative estimate of drug-likeness (QED) is 0.892. The van der Waals surface area contributed by atoms with Crippen molar-refractivity contribution >= 4 is 23.3 Å². The normalized spacial score (nSPS) is 22.9. The Labute approximate surface area is 159 Å². The van der Waals surface area contributed by atoms with Gasteiger partial charge in [-0.1, -0.05) is 29.8 Å². The number of benzene rings is 1. The Kier molecular flexibility index (Phi) is 5.09. The van der Waals surface area contributed by atoms with Crippen molar-refractivity contribution in [1.82, 2.24) is 14.8 Å². The van der Waals surface area contributed by atoms with Crippen molar-refractivity contribution < 1.29 is 4.79 Å². The largest absolute Gasteiger partial charge is 0.322 e. The lowest BCUT2D eigenvalue weighted by Gasteiger charge is -2.36. The first-order chi connectivity index (χ1) is 12.7. The number of rotatable bonds is 3. The zero-order valence-corrected chi connectivity index (χ0v) is 15.4. The number of urea groups is 1. The first-order valence-corrected chi connectivity index (χ1v) is 9.51. The maximum absolute atomic E-state index is 12.9. The summed E-state index contributed by atoms with van der Waals surface area (Å²) in [4.78, 5) is 21.7. The van der Waals surface area contributed by atoms with Gasteiger partial charge < -0.3 is 10.2 Å². The van der Waals surface area contributed by atoms with E-state index in [9.17, 15) is 4.79 Å². The van der Waals surface area contributed by atoms with Crippen LogP contribution >= 0.6 is 11.6 Å². The van der Waals surface area contributed by atoms with E-state index in [1.165, 1.54) is 6.42 Å². The molecule has 26 heavy (non-hydrogen) atoms. The SMILES string of the molecule is O=C(Nc1ccccc1Cl)N1C[C@H]2CC[C@@H]1CN(Cc1ccccn1)C2. The average molecular weight is 371 g/mol. The second-order valence-electron chi connectivity index (χ2n) is 7.17. The van der Waals surface area contributed by atoms with Crippen molar-refractivity contribution in [2.24, 2.45) is 5.92 Å². The summed E-state index contributed by atoms with van der Waals surface area (Å²) in [5.74, 6) is 0.509. The smallest absolute Gasteiger partial charge is 0.320 e. The van der Waals surface area contributed by atoms with Gasteiger partial charge in [0.05, 0.1) is 16.4 Å². The second kappa shape index (κ2) is 7.64. The first-order valence-electron chi connectivity index (χ1n) is 9.13. The van der Waals surface area contributed by atoms with Gasteiger partial charge >= 0.3 is 6.03 Å². The van der Waals surface area contributed by atoms with Gasteiger partial charge in [0.1, 0.15) is 0 Å². The van der Waals surface area contributed by atoms with Crippen molar-refractivity contribution in [3.05, 3.63) is 59.4 Å². The molecule has 0 aliphatic carbocycles. The number of amides is 2. The molecule has 5 nitrogen and oxygen atoms in total. The third-order valence-corrected chi connectivity index (χ3v) is 5.61. The molecule has 4 heterocycles. The summed E-state index contributed by atoms with van der Waals surface area (Å²) in [7, 11) is 0. The number of para-hydroxylation sites is 1. The summed E-state index contributed by atoms with van der Waals surface area (Å²) in [6.07, 6.45) is 4.07. The number of nitrogens with zero attached hydrogens (tertiary/aromatic N) is 3. The van der Waals surface area contributed by atoms with Gasteiger partial charge in [-0.2, -0.15) is 0 Å². The van der Waals surface area contributed by atoms with Gasteiger partial charge in [-0.25, -0.2) is 4.79 Å². The molecule has 2 amide bonds. The topological polar surface area (TPSA) is 48.5 Å². The van der Waals surface area contributed by atoms with Crippen LogP contribution in [0.5, 0.6) is 0 Å². The lowest BCUT2D eigenvalue weighted by molar-refractivity contribution is 0.151. The second-order valence-corrected chi connectivity index (χ2v) is 7.58. The van der Waals surface area contributed by atoms with Gasteiger partial charge in [0, 0.05) is 38.4 Å². The highest BCUT2D eigenvalue weighted by atomic mass is 35.5. The van der Waals surface area contributed by atoms with Crippen LogP contribution in [0.1, 0.15) is 18.5 Å². The van der Waals surface area contributed by atoms with Crippen molar-refractivity contribution in [3.63, 3.8) is 0 Å². The molecule has 0 unspecified atom stereocenters. The molecule has 0 saturated carbocycles. The van der Waals surface area contributed by atoms with Crippen LogP contribution in [-0.2, 0) is 6.54 Å². The summed E-state index contributed by atoms with van der Waals surface area (Å²) in [6.45, 7) is 3.56. The van der Waals surface area contributed by atoms with Crippen LogP contribution < -0.4 is 5.32 Å². The molecule has 2 bridgehead atoms. The van der Waals surface area contributed by atoms with Crippen LogP contribution in [0.15, 0.2) is 48.7 Å². The Morgan fingerprint density at radius 3 is 2.77 bits per heavy atom. The third kappa shape index (κ3) is 3.84. The molecule has 1 aromatic heterocycles. The Morgan fingerprint density at radius 1 is 1.12 bits per heavy atom. The molecule has 2 aromatic rings. The van der Waals surface area contributed by atoms with Crippen LogP contribution in [-0.4, -0.2) is 46.5 Å². The van der Waals surface area contributed by atoms with Crippen molar-refractivity contribution in [3.8, 4) is 0 Å². The Morgan fingerprint density at radius 2 is 1.96 bits per heavy atom. The number of nitrogens with one attached hydrogen (secondary N) is 1. The molecule has 0 spiro atoms. The van der Waals surface area contributed by atoms with E-state index in [-0.39, 0.29) is 12.1 Å². The van der Waals surface area contributed by atoms with Gasteiger partial charge in [-0.05, 0) is 43.0 Å². The van der Waals surface area contributed by atoms with E-state index in [1.54, 1.807) is 6.07 Å². The summed E-state index contributed by atoms with van der Waals surface area (Å²) in [6, 6.07) is 13.6. The van der Waals surface area contributed by atoms with Crippen molar-refractivity contribution in [2.45, 2.75) is 25.4 Å². The number of fused-ring (bicyclic) bond motifs is 4. The fourth-order valence-electron chi connectivity index (χ4n) is 4.03. The third-order valence-electron chi connectivity index (χ3n) is 5.28. The van der Waals surface area contributed by atoms with E-state index >= 15 is 0 Å². The number of anilines is 1. The minimum atomic E-state index is -0.0486. The molecule has 0 radical (unpaired) electrons. The predicted molar refractivity (Wildman–Crippen MR) is 103 cm³/mol. The Balaban J connectivity index is 1.44. The van der Waals surface area contributed by atoms with E-state index in [4.69, 9.17) is 11.6 Å². The van der Waals surface area contributed by atoms with Gasteiger partial charge in [-0.3, -0.25) is 9.88 Å². The number of pyridine rings is 1. The van der Waals surface area contributed by atoms with E-state index in [0.29, 0.717) is 16.6 Å². The maximum atomic E-state index is 12.9. The van der Waals surface area contributed by atoms with Gasteiger partial charge in [0.2, 0.25) is 0 Å².